The highest BCUT2D eigenvalue weighted by atomic mass is 32.2. The second kappa shape index (κ2) is 6.56. The number of nitriles is 1. The Morgan fingerprint density at radius 2 is 1.93 bits per heavy atom. The van der Waals surface area contributed by atoms with Gasteiger partial charge in [0.05, 0.1) is 34.8 Å². The van der Waals surface area contributed by atoms with Crippen molar-refractivity contribution in [2.75, 3.05) is 6.26 Å². The lowest BCUT2D eigenvalue weighted by Crippen LogP contribution is -2.23. The van der Waals surface area contributed by atoms with Crippen molar-refractivity contribution in [1.82, 2.24) is 0 Å². The Morgan fingerprint density at radius 1 is 1.33 bits per heavy atom. The SMILES string of the molecule is CC1(c2ccc(S(C)(=O)=O)cc2C(F)(F)F)C(C#N)C1C(=O)C(=O)CC=O. The number of Topliss-reactive ketones (excluding diaryl/α,β-unsaturated/α-hetero) is 2. The second-order valence-corrected chi connectivity index (χ2v) is 8.52. The number of alkyl halides is 3. The van der Waals surface area contributed by atoms with Gasteiger partial charge >= 0.3 is 6.18 Å². The Bertz CT molecular complexity index is 977. The van der Waals surface area contributed by atoms with E-state index < -0.39 is 67.3 Å². The number of sulfone groups is 1. The second-order valence-electron chi connectivity index (χ2n) is 6.50. The van der Waals surface area contributed by atoms with Crippen LogP contribution in [0.1, 0.15) is 24.5 Å². The number of ketones is 2. The van der Waals surface area contributed by atoms with E-state index in [-0.39, 0.29) is 6.29 Å². The third-order valence-electron chi connectivity index (χ3n) is 4.79. The normalized spacial score (nSPS) is 24.7. The number of hydrogen-bond donors (Lipinski definition) is 0. The van der Waals surface area contributed by atoms with Gasteiger partial charge in [0.25, 0.3) is 0 Å². The quantitative estimate of drug-likeness (QED) is 0.409. The average Bonchev–Trinajstić information content (AvgIpc) is 3.18. The van der Waals surface area contributed by atoms with Crippen molar-refractivity contribution in [3.8, 4) is 6.07 Å². The fourth-order valence-electron chi connectivity index (χ4n) is 3.29. The number of halogens is 3. The van der Waals surface area contributed by atoms with E-state index in [1.165, 1.54) is 6.92 Å². The van der Waals surface area contributed by atoms with Gasteiger partial charge in [-0.3, -0.25) is 9.59 Å². The number of benzene rings is 1. The predicted molar refractivity (Wildman–Crippen MR) is 85.2 cm³/mol. The minimum atomic E-state index is -4.94. The van der Waals surface area contributed by atoms with Crippen molar-refractivity contribution in [2.24, 2.45) is 11.8 Å². The van der Waals surface area contributed by atoms with Crippen LogP contribution < -0.4 is 0 Å². The van der Waals surface area contributed by atoms with Gasteiger partial charge in [-0.25, -0.2) is 8.42 Å². The first-order chi connectivity index (χ1) is 12.3. The highest BCUT2D eigenvalue weighted by Crippen LogP contribution is 2.62. The fraction of sp³-hybridized carbons (Fsp3) is 0.412. The monoisotopic (exact) mass is 401 g/mol. The van der Waals surface area contributed by atoms with Gasteiger partial charge in [-0.1, -0.05) is 13.0 Å². The molecule has 144 valence electrons. The Morgan fingerprint density at radius 3 is 2.37 bits per heavy atom. The lowest BCUT2D eigenvalue weighted by atomic mass is 9.88. The fourth-order valence-corrected chi connectivity index (χ4v) is 3.94. The van der Waals surface area contributed by atoms with Crippen LogP contribution in [0.3, 0.4) is 0 Å². The first-order valence-electron chi connectivity index (χ1n) is 7.62. The lowest BCUT2D eigenvalue weighted by Gasteiger charge is -2.19. The third kappa shape index (κ3) is 3.51. The molecule has 0 aliphatic heterocycles. The van der Waals surface area contributed by atoms with Crippen LogP contribution in [0.25, 0.3) is 0 Å². The summed E-state index contributed by atoms with van der Waals surface area (Å²) >= 11 is 0. The summed E-state index contributed by atoms with van der Waals surface area (Å²) in [6.07, 6.45) is -4.71. The predicted octanol–water partition coefficient (Wildman–Crippen LogP) is 1.86. The summed E-state index contributed by atoms with van der Waals surface area (Å²) in [7, 11) is -3.92. The van der Waals surface area contributed by atoms with Gasteiger partial charge < -0.3 is 4.79 Å². The molecular formula is C17H14F3NO5S. The molecule has 1 aliphatic carbocycles. The number of carbonyl (C=O) groups excluding carboxylic acids is 3. The van der Waals surface area contributed by atoms with E-state index in [1.54, 1.807) is 6.07 Å². The zero-order chi connectivity index (χ0) is 20.8. The van der Waals surface area contributed by atoms with Crippen LogP contribution in [0.2, 0.25) is 0 Å². The van der Waals surface area contributed by atoms with E-state index in [9.17, 15) is 41.2 Å². The number of nitrogens with zero attached hydrogens (tertiary/aromatic N) is 1. The van der Waals surface area contributed by atoms with Crippen LogP contribution >= 0.6 is 0 Å². The number of carbonyl (C=O) groups is 3. The highest BCUT2D eigenvalue weighted by molar-refractivity contribution is 7.90. The molecule has 1 aromatic carbocycles. The summed E-state index contributed by atoms with van der Waals surface area (Å²) in [5.74, 6) is -4.71. The molecule has 0 N–H and O–H groups in total. The lowest BCUT2D eigenvalue weighted by molar-refractivity contribution is -0.139. The molecule has 0 spiro atoms. The molecule has 0 heterocycles. The molecule has 1 aliphatic rings. The Balaban J connectivity index is 2.63. The van der Waals surface area contributed by atoms with Gasteiger partial charge in [-0.2, -0.15) is 18.4 Å². The third-order valence-corrected chi connectivity index (χ3v) is 5.90. The minimum absolute atomic E-state index is 0.198. The van der Waals surface area contributed by atoms with Gasteiger partial charge in [0.1, 0.15) is 6.29 Å². The van der Waals surface area contributed by atoms with Gasteiger partial charge in [0.15, 0.2) is 9.84 Å². The van der Waals surface area contributed by atoms with E-state index >= 15 is 0 Å². The molecule has 0 saturated heterocycles. The van der Waals surface area contributed by atoms with E-state index in [1.807, 2.05) is 0 Å². The zero-order valence-corrected chi connectivity index (χ0v) is 15.0. The van der Waals surface area contributed by atoms with Crippen molar-refractivity contribution in [3.05, 3.63) is 29.3 Å². The van der Waals surface area contributed by atoms with Crippen molar-refractivity contribution >= 4 is 27.7 Å². The van der Waals surface area contributed by atoms with Crippen LogP contribution in [0.15, 0.2) is 23.1 Å². The van der Waals surface area contributed by atoms with E-state index in [2.05, 4.69) is 0 Å². The molecule has 0 aromatic heterocycles. The molecule has 10 heteroatoms. The largest absolute Gasteiger partial charge is 0.416 e. The molecule has 27 heavy (non-hydrogen) atoms. The minimum Gasteiger partial charge on any atom is -0.303 e. The van der Waals surface area contributed by atoms with Crippen molar-refractivity contribution < 1.29 is 36.0 Å². The molecule has 3 unspecified atom stereocenters. The molecule has 2 rings (SSSR count). The van der Waals surface area contributed by atoms with E-state index in [0.717, 1.165) is 18.4 Å². The van der Waals surface area contributed by atoms with Crippen LogP contribution in [-0.4, -0.2) is 32.5 Å². The van der Waals surface area contributed by atoms with Gasteiger partial charge in [0.2, 0.25) is 11.6 Å². The van der Waals surface area contributed by atoms with Crippen molar-refractivity contribution in [1.29, 1.82) is 5.26 Å². The molecule has 6 nitrogen and oxygen atoms in total. The van der Waals surface area contributed by atoms with Gasteiger partial charge in [-0.05, 0) is 17.7 Å². The standard InChI is InChI=1S/C17H14F3NO5S/c1-16(12(8-21)14(16)15(24)13(23)5-6-22)10-4-3-9(27(2,25)26)7-11(10)17(18,19)20/h3-4,6-7,12,14H,5H2,1-2H3. The van der Waals surface area contributed by atoms with Crippen LogP contribution in [-0.2, 0) is 35.8 Å². The maximum atomic E-state index is 13.5. The zero-order valence-electron chi connectivity index (χ0n) is 14.2. The van der Waals surface area contributed by atoms with E-state index in [0.29, 0.717) is 6.07 Å². The summed E-state index contributed by atoms with van der Waals surface area (Å²) in [4.78, 5) is 33.7. The number of hydrogen-bond acceptors (Lipinski definition) is 6. The summed E-state index contributed by atoms with van der Waals surface area (Å²) in [6.45, 7) is 1.24. The average molecular weight is 401 g/mol. The molecule has 0 amide bonds. The molecule has 1 fully saturated rings. The maximum absolute atomic E-state index is 13.5. The van der Waals surface area contributed by atoms with Crippen molar-refractivity contribution in [2.45, 2.75) is 29.8 Å². The number of rotatable bonds is 6. The summed E-state index contributed by atoms with van der Waals surface area (Å²) in [5.41, 5.74) is -3.34. The van der Waals surface area contributed by atoms with Crippen molar-refractivity contribution in [3.63, 3.8) is 0 Å². The topological polar surface area (TPSA) is 109 Å². The first kappa shape index (κ1) is 20.8. The van der Waals surface area contributed by atoms with Gasteiger partial charge in [-0.15, -0.1) is 0 Å². The van der Waals surface area contributed by atoms with Crippen LogP contribution in [0.5, 0.6) is 0 Å². The van der Waals surface area contributed by atoms with E-state index in [4.69, 9.17) is 0 Å². The Kier molecular flexibility index (Phi) is 5.05. The summed E-state index contributed by atoms with van der Waals surface area (Å²) < 4.78 is 63.8. The Hall–Kier alpha value is -2.54. The van der Waals surface area contributed by atoms with Crippen LogP contribution in [0, 0.1) is 23.2 Å². The summed E-state index contributed by atoms with van der Waals surface area (Å²) in [6, 6.07) is 4.07. The smallest absolute Gasteiger partial charge is 0.303 e. The molecule has 0 radical (unpaired) electrons. The molecule has 0 bridgehead atoms. The molecular weight excluding hydrogens is 387 g/mol. The number of aldehydes is 1. The molecule has 1 aromatic rings. The van der Waals surface area contributed by atoms with Crippen LogP contribution in [0.4, 0.5) is 13.2 Å². The first-order valence-corrected chi connectivity index (χ1v) is 9.51. The molecule has 3 atom stereocenters. The highest BCUT2D eigenvalue weighted by Gasteiger charge is 2.68. The Labute approximate surface area is 152 Å². The summed E-state index contributed by atoms with van der Waals surface area (Å²) in [5, 5.41) is 9.25. The van der Waals surface area contributed by atoms with Gasteiger partial charge in [0, 0.05) is 11.7 Å². The maximum Gasteiger partial charge on any atom is 0.416 e. The molecule has 1 saturated carbocycles.